The van der Waals surface area contributed by atoms with Crippen molar-refractivity contribution in [3.63, 3.8) is 0 Å². The van der Waals surface area contributed by atoms with Gasteiger partial charge in [0, 0.05) is 13.2 Å². The Labute approximate surface area is 104 Å². The predicted octanol–water partition coefficient (Wildman–Crippen LogP) is 2.14. The van der Waals surface area contributed by atoms with Crippen molar-refractivity contribution in [2.24, 2.45) is 5.92 Å². The number of esters is 1. The van der Waals surface area contributed by atoms with Gasteiger partial charge in [-0.1, -0.05) is 6.92 Å². The second-order valence-corrected chi connectivity index (χ2v) is 5.55. The number of ether oxygens (including phenoxy) is 2. The number of aliphatic hydroxyl groups is 1. The maximum Gasteiger partial charge on any atom is 0.308 e. The molecule has 0 saturated heterocycles. The SMILES string of the molecule is CC(CC(=O)OC(C)(C)C)OC[C@@H](C)CCO. The number of carbonyl (C=O) groups is 1. The summed E-state index contributed by atoms with van der Waals surface area (Å²) in [5.41, 5.74) is -0.443. The van der Waals surface area contributed by atoms with E-state index in [0.29, 0.717) is 12.5 Å². The molecular weight excluding hydrogens is 220 g/mol. The number of carbonyl (C=O) groups excluding carboxylic acids is 1. The van der Waals surface area contributed by atoms with E-state index in [1.807, 2.05) is 34.6 Å². The first kappa shape index (κ1) is 16.4. The van der Waals surface area contributed by atoms with Gasteiger partial charge in [-0.15, -0.1) is 0 Å². The summed E-state index contributed by atoms with van der Waals surface area (Å²) in [7, 11) is 0. The minimum absolute atomic E-state index is 0.147. The Kier molecular flexibility index (Phi) is 7.39. The van der Waals surface area contributed by atoms with Crippen LogP contribution in [0, 0.1) is 5.92 Å². The first-order valence-electron chi connectivity index (χ1n) is 6.19. The molecule has 102 valence electrons. The topological polar surface area (TPSA) is 55.8 Å². The molecule has 0 aromatic rings. The summed E-state index contributed by atoms with van der Waals surface area (Å²) >= 11 is 0. The van der Waals surface area contributed by atoms with E-state index in [1.165, 1.54) is 0 Å². The summed E-state index contributed by atoms with van der Waals surface area (Å²) in [5, 5.41) is 8.75. The molecule has 0 heterocycles. The van der Waals surface area contributed by atoms with Crippen LogP contribution in [0.2, 0.25) is 0 Å². The van der Waals surface area contributed by atoms with E-state index in [9.17, 15) is 4.79 Å². The van der Waals surface area contributed by atoms with E-state index >= 15 is 0 Å². The summed E-state index contributed by atoms with van der Waals surface area (Å²) in [5.74, 6) is 0.0703. The van der Waals surface area contributed by atoms with Crippen molar-refractivity contribution in [2.45, 2.75) is 59.2 Å². The minimum atomic E-state index is -0.443. The molecule has 0 rings (SSSR count). The van der Waals surface area contributed by atoms with E-state index in [0.717, 1.165) is 6.42 Å². The number of hydrogen-bond donors (Lipinski definition) is 1. The molecule has 1 unspecified atom stereocenters. The highest BCUT2D eigenvalue weighted by atomic mass is 16.6. The van der Waals surface area contributed by atoms with Crippen LogP contribution in [0.4, 0.5) is 0 Å². The Hall–Kier alpha value is -0.610. The molecular formula is C13H26O4. The van der Waals surface area contributed by atoms with Gasteiger partial charge in [-0.2, -0.15) is 0 Å². The zero-order valence-corrected chi connectivity index (χ0v) is 11.7. The molecule has 0 fully saturated rings. The quantitative estimate of drug-likeness (QED) is 0.699. The van der Waals surface area contributed by atoms with Crippen LogP contribution in [0.25, 0.3) is 0 Å². The molecule has 4 heteroatoms. The van der Waals surface area contributed by atoms with Crippen molar-refractivity contribution in [3.8, 4) is 0 Å². The van der Waals surface area contributed by atoms with E-state index in [1.54, 1.807) is 0 Å². The van der Waals surface area contributed by atoms with Crippen LogP contribution in [0.5, 0.6) is 0 Å². The van der Waals surface area contributed by atoms with Gasteiger partial charge in [0.15, 0.2) is 0 Å². The summed E-state index contributed by atoms with van der Waals surface area (Å²) in [6.07, 6.45) is 0.841. The van der Waals surface area contributed by atoms with Gasteiger partial charge in [-0.3, -0.25) is 4.79 Å². The monoisotopic (exact) mass is 246 g/mol. The lowest BCUT2D eigenvalue weighted by Gasteiger charge is -2.21. The van der Waals surface area contributed by atoms with Crippen LogP contribution >= 0.6 is 0 Å². The third-order valence-electron chi connectivity index (χ3n) is 2.16. The maximum absolute atomic E-state index is 11.5. The molecule has 0 aromatic carbocycles. The Morgan fingerprint density at radius 3 is 2.35 bits per heavy atom. The summed E-state index contributed by atoms with van der Waals surface area (Å²) in [4.78, 5) is 11.5. The highest BCUT2D eigenvalue weighted by Crippen LogP contribution is 2.11. The third kappa shape index (κ3) is 10.3. The molecule has 4 nitrogen and oxygen atoms in total. The standard InChI is InChI=1S/C13H26O4/c1-10(6-7-14)9-16-11(2)8-12(15)17-13(3,4)5/h10-11,14H,6-9H2,1-5H3/t10-,11?/m0/s1. The summed E-state index contributed by atoms with van der Waals surface area (Å²) in [6.45, 7) is 10.1. The molecule has 0 bridgehead atoms. The van der Waals surface area contributed by atoms with Gasteiger partial charge in [0.25, 0.3) is 0 Å². The zero-order valence-electron chi connectivity index (χ0n) is 11.7. The fraction of sp³-hybridized carbons (Fsp3) is 0.923. The molecule has 0 aromatic heterocycles. The first-order chi connectivity index (χ1) is 7.74. The number of aliphatic hydroxyl groups excluding tert-OH is 1. The fourth-order valence-corrected chi connectivity index (χ4v) is 1.31. The van der Waals surface area contributed by atoms with Crippen LogP contribution in [-0.2, 0) is 14.3 Å². The number of rotatable bonds is 7. The van der Waals surface area contributed by atoms with Crippen molar-refractivity contribution in [3.05, 3.63) is 0 Å². The van der Waals surface area contributed by atoms with Crippen LogP contribution in [-0.4, -0.2) is 36.0 Å². The van der Waals surface area contributed by atoms with Crippen LogP contribution in [0.3, 0.4) is 0 Å². The number of hydrogen-bond acceptors (Lipinski definition) is 4. The Bertz CT molecular complexity index is 220. The second kappa shape index (κ2) is 7.67. The summed E-state index contributed by atoms with van der Waals surface area (Å²) in [6, 6.07) is 0. The van der Waals surface area contributed by atoms with Crippen LogP contribution < -0.4 is 0 Å². The van der Waals surface area contributed by atoms with E-state index in [4.69, 9.17) is 14.6 Å². The van der Waals surface area contributed by atoms with Gasteiger partial charge >= 0.3 is 5.97 Å². The first-order valence-corrected chi connectivity index (χ1v) is 6.19. The van der Waals surface area contributed by atoms with Crippen molar-refractivity contribution >= 4 is 5.97 Å². The Balaban J connectivity index is 3.78. The van der Waals surface area contributed by atoms with Crippen molar-refractivity contribution in [1.29, 1.82) is 0 Å². The molecule has 0 radical (unpaired) electrons. The molecule has 0 aliphatic rings. The maximum atomic E-state index is 11.5. The van der Waals surface area contributed by atoms with Gasteiger partial charge in [0.1, 0.15) is 5.60 Å². The van der Waals surface area contributed by atoms with E-state index in [2.05, 4.69) is 0 Å². The predicted molar refractivity (Wildman–Crippen MR) is 66.7 cm³/mol. The largest absolute Gasteiger partial charge is 0.460 e. The van der Waals surface area contributed by atoms with Gasteiger partial charge < -0.3 is 14.6 Å². The van der Waals surface area contributed by atoms with Gasteiger partial charge in [-0.25, -0.2) is 0 Å². The van der Waals surface area contributed by atoms with Gasteiger partial charge in [0.05, 0.1) is 12.5 Å². The smallest absolute Gasteiger partial charge is 0.308 e. The lowest BCUT2D eigenvalue weighted by molar-refractivity contribution is -0.157. The molecule has 1 N–H and O–H groups in total. The third-order valence-corrected chi connectivity index (χ3v) is 2.16. The average molecular weight is 246 g/mol. The lowest BCUT2D eigenvalue weighted by atomic mass is 10.1. The minimum Gasteiger partial charge on any atom is -0.460 e. The Morgan fingerprint density at radius 2 is 1.88 bits per heavy atom. The average Bonchev–Trinajstić information content (AvgIpc) is 2.12. The zero-order chi connectivity index (χ0) is 13.5. The lowest BCUT2D eigenvalue weighted by Crippen LogP contribution is -2.27. The Morgan fingerprint density at radius 1 is 1.29 bits per heavy atom. The molecule has 0 aliphatic carbocycles. The van der Waals surface area contributed by atoms with Crippen molar-refractivity contribution in [1.82, 2.24) is 0 Å². The van der Waals surface area contributed by atoms with Crippen LogP contribution in [0.1, 0.15) is 47.5 Å². The van der Waals surface area contributed by atoms with Crippen molar-refractivity contribution in [2.75, 3.05) is 13.2 Å². The molecule has 2 atom stereocenters. The van der Waals surface area contributed by atoms with Crippen LogP contribution in [0.15, 0.2) is 0 Å². The van der Waals surface area contributed by atoms with Gasteiger partial charge in [0.2, 0.25) is 0 Å². The normalized spacial score (nSPS) is 15.4. The second-order valence-electron chi connectivity index (χ2n) is 5.55. The van der Waals surface area contributed by atoms with Gasteiger partial charge in [-0.05, 0) is 40.0 Å². The highest BCUT2D eigenvalue weighted by Gasteiger charge is 2.18. The molecule has 17 heavy (non-hydrogen) atoms. The molecule has 0 spiro atoms. The fourth-order valence-electron chi connectivity index (χ4n) is 1.31. The molecule has 0 amide bonds. The van der Waals surface area contributed by atoms with E-state index in [-0.39, 0.29) is 25.1 Å². The van der Waals surface area contributed by atoms with Crippen molar-refractivity contribution < 1.29 is 19.4 Å². The van der Waals surface area contributed by atoms with E-state index < -0.39 is 5.60 Å². The molecule has 0 aliphatic heterocycles. The highest BCUT2D eigenvalue weighted by molar-refractivity contribution is 5.70. The molecule has 0 saturated carbocycles. The summed E-state index contributed by atoms with van der Waals surface area (Å²) < 4.78 is 10.7.